The van der Waals surface area contributed by atoms with E-state index in [-0.39, 0.29) is 12.5 Å². The zero-order chi connectivity index (χ0) is 26.3. The van der Waals surface area contributed by atoms with E-state index in [1.807, 2.05) is 18.2 Å². The van der Waals surface area contributed by atoms with Gasteiger partial charge in [0.1, 0.15) is 0 Å². The highest BCUT2D eigenvalue weighted by molar-refractivity contribution is 7.88. The van der Waals surface area contributed by atoms with Crippen LogP contribution in [0.15, 0.2) is 35.9 Å². The number of carbonyl (C=O) groups is 2. The molecule has 5 rings (SSSR count). The molecule has 2 aromatic heterocycles. The number of nitrogens with zero attached hydrogens (tertiary/aromatic N) is 3. The second kappa shape index (κ2) is 9.89. The lowest BCUT2D eigenvalue weighted by Gasteiger charge is -2.38. The molecule has 0 bridgehead atoms. The van der Waals surface area contributed by atoms with Gasteiger partial charge >= 0.3 is 0 Å². The van der Waals surface area contributed by atoms with E-state index >= 15 is 0 Å². The normalized spacial score (nSPS) is 21.1. The number of nitrogens with one attached hydrogen (secondary N) is 2. The molecule has 0 spiro atoms. The highest BCUT2D eigenvalue weighted by Crippen LogP contribution is 2.35. The van der Waals surface area contributed by atoms with Gasteiger partial charge in [-0.05, 0) is 36.6 Å². The number of benzene rings is 1. The van der Waals surface area contributed by atoms with Crippen LogP contribution in [0.4, 0.5) is 5.69 Å². The smallest absolute Gasteiger partial charge is 0.280 e. The molecule has 2 amide bonds. The maximum absolute atomic E-state index is 12.6. The molecule has 1 saturated heterocycles. The van der Waals surface area contributed by atoms with Crippen LogP contribution in [0.5, 0.6) is 0 Å². The van der Waals surface area contributed by atoms with Gasteiger partial charge in [0, 0.05) is 54.5 Å². The molecule has 5 N–H and O–H groups in total. The standard InChI is InChI=1S/C24H28N6O5S2/c1-37(34,35)30-9-4-14(5-10-30)17-12-16-19(3-2-15(22(25)32)21(16)27-17)29-8-6-20(31)18(13-29)28-23(33)24-26-7-11-36-24/h2-4,7,11-12,18,20,27,31H,5-6,8-10,13H2,1H3,(H2,25,32)(H,28,33). The van der Waals surface area contributed by atoms with Crippen LogP contribution in [-0.2, 0) is 10.0 Å². The van der Waals surface area contributed by atoms with E-state index in [9.17, 15) is 23.1 Å². The number of sulfonamides is 1. The van der Waals surface area contributed by atoms with Crippen LogP contribution >= 0.6 is 11.3 Å². The van der Waals surface area contributed by atoms with Crippen molar-refractivity contribution in [2.24, 2.45) is 5.73 Å². The molecule has 1 aromatic carbocycles. The van der Waals surface area contributed by atoms with E-state index in [0.29, 0.717) is 48.6 Å². The lowest BCUT2D eigenvalue weighted by atomic mass is 9.99. The Kier molecular flexibility index (Phi) is 6.79. The molecule has 4 heterocycles. The first-order chi connectivity index (χ1) is 17.6. The Balaban J connectivity index is 1.46. The van der Waals surface area contributed by atoms with Gasteiger partial charge in [0.2, 0.25) is 10.0 Å². The van der Waals surface area contributed by atoms with Crippen LogP contribution in [-0.4, -0.2) is 84.2 Å². The van der Waals surface area contributed by atoms with Gasteiger partial charge in [0.05, 0.1) is 29.5 Å². The highest BCUT2D eigenvalue weighted by Gasteiger charge is 2.31. The largest absolute Gasteiger partial charge is 0.391 e. The second-order valence-corrected chi connectivity index (χ2v) is 12.2. The third-order valence-corrected chi connectivity index (χ3v) is 8.92. The Labute approximate surface area is 218 Å². The maximum Gasteiger partial charge on any atom is 0.280 e. The summed E-state index contributed by atoms with van der Waals surface area (Å²) in [6, 6.07) is 4.96. The van der Waals surface area contributed by atoms with Crippen LogP contribution in [0.1, 0.15) is 38.7 Å². The first-order valence-electron chi connectivity index (χ1n) is 11.8. The minimum Gasteiger partial charge on any atom is -0.391 e. The highest BCUT2D eigenvalue weighted by atomic mass is 32.2. The summed E-state index contributed by atoms with van der Waals surface area (Å²) in [6.07, 6.45) is 4.91. The fourth-order valence-corrected chi connectivity index (χ4v) is 6.23. The predicted octanol–water partition coefficient (Wildman–Crippen LogP) is 1.14. The van der Waals surface area contributed by atoms with Crippen molar-refractivity contribution in [1.82, 2.24) is 19.6 Å². The molecule has 2 aliphatic rings. The maximum atomic E-state index is 12.6. The Hall–Kier alpha value is -3.26. The van der Waals surface area contributed by atoms with Crippen molar-refractivity contribution in [3.63, 3.8) is 0 Å². The minimum absolute atomic E-state index is 0.281. The Bertz CT molecular complexity index is 1480. The van der Waals surface area contributed by atoms with Crippen LogP contribution < -0.4 is 16.0 Å². The third kappa shape index (κ3) is 5.12. The number of hydrogen-bond donors (Lipinski definition) is 4. The topological polar surface area (TPSA) is 162 Å². The van der Waals surface area contributed by atoms with E-state index in [0.717, 1.165) is 22.3 Å². The quantitative estimate of drug-likeness (QED) is 0.362. The Morgan fingerprint density at radius 1 is 1.30 bits per heavy atom. The van der Waals surface area contributed by atoms with Gasteiger partial charge in [-0.3, -0.25) is 9.59 Å². The fraction of sp³-hybridized carbons (Fsp3) is 0.375. The number of piperidine rings is 1. The number of hydrogen-bond acceptors (Lipinski definition) is 8. The number of carbonyl (C=O) groups excluding carboxylic acids is 2. The number of H-pyrrole nitrogens is 1. The molecule has 37 heavy (non-hydrogen) atoms. The summed E-state index contributed by atoms with van der Waals surface area (Å²) in [7, 11) is -3.27. The molecular weight excluding hydrogens is 516 g/mol. The van der Waals surface area contributed by atoms with Crippen molar-refractivity contribution in [3.8, 4) is 0 Å². The van der Waals surface area contributed by atoms with Gasteiger partial charge in [-0.1, -0.05) is 6.08 Å². The number of rotatable bonds is 6. The number of aromatic nitrogens is 2. The molecule has 0 radical (unpaired) electrons. The third-order valence-electron chi connectivity index (χ3n) is 6.88. The molecule has 0 saturated carbocycles. The summed E-state index contributed by atoms with van der Waals surface area (Å²) >= 11 is 1.23. The van der Waals surface area contributed by atoms with Gasteiger partial charge in [0.25, 0.3) is 11.8 Å². The van der Waals surface area contributed by atoms with E-state index in [1.54, 1.807) is 17.6 Å². The summed E-state index contributed by atoms with van der Waals surface area (Å²) in [5, 5.41) is 16.3. The van der Waals surface area contributed by atoms with Gasteiger partial charge in [-0.15, -0.1) is 11.3 Å². The summed E-state index contributed by atoms with van der Waals surface area (Å²) in [5.74, 6) is -0.889. The molecule has 2 atom stereocenters. The molecule has 0 aliphatic carbocycles. The van der Waals surface area contributed by atoms with E-state index in [2.05, 4.69) is 20.2 Å². The molecule has 2 aliphatic heterocycles. The second-order valence-electron chi connectivity index (χ2n) is 9.29. The van der Waals surface area contributed by atoms with Crippen LogP contribution in [0.2, 0.25) is 0 Å². The zero-order valence-electron chi connectivity index (χ0n) is 20.2. The summed E-state index contributed by atoms with van der Waals surface area (Å²) in [6.45, 7) is 1.59. The number of aromatic amines is 1. The molecule has 196 valence electrons. The number of fused-ring (bicyclic) bond motifs is 1. The van der Waals surface area contributed by atoms with Crippen molar-refractivity contribution in [2.45, 2.75) is 25.0 Å². The van der Waals surface area contributed by atoms with Crippen molar-refractivity contribution in [3.05, 3.63) is 52.1 Å². The summed E-state index contributed by atoms with van der Waals surface area (Å²) < 4.78 is 25.2. The van der Waals surface area contributed by atoms with Crippen molar-refractivity contribution in [1.29, 1.82) is 0 Å². The fourth-order valence-electron chi connectivity index (χ4n) is 4.92. The van der Waals surface area contributed by atoms with Crippen molar-refractivity contribution in [2.75, 3.05) is 37.3 Å². The minimum atomic E-state index is -3.27. The van der Waals surface area contributed by atoms with Gasteiger partial charge in [0.15, 0.2) is 5.01 Å². The van der Waals surface area contributed by atoms with Gasteiger partial charge in [-0.25, -0.2) is 13.4 Å². The number of anilines is 1. The first-order valence-corrected chi connectivity index (χ1v) is 14.6. The molecule has 2 unspecified atom stereocenters. The predicted molar refractivity (Wildman–Crippen MR) is 142 cm³/mol. The Morgan fingerprint density at radius 2 is 2.11 bits per heavy atom. The lowest BCUT2D eigenvalue weighted by Crippen LogP contribution is -2.55. The average molecular weight is 545 g/mol. The Morgan fingerprint density at radius 3 is 2.76 bits per heavy atom. The SMILES string of the molecule is CS(=O)(=O)N1CC=C(c2cc3c(N4CCC(O)C(NC(=O)c5nccs5)C4)ccc(C(N)=O)c3[nH]2)CC1. The summed E-state index contributed by atoms with van der Waals surface area (Å²) in [5.41, 5.74) is 9.21. The monoisotopic (exact) mass is 544 g/mol. The van der Waals surface area contributed by atoms with Crippen LogP contribution in [0.3, 0.4) is 0 Å². The van der Waals surface area contributed by atoms with Crippen LogP contribution in [0.25, 0.3) is 16.5 Å². The van der Waals surface area contributed by atoms with Crippen molar-refractivity contribution >= 4 is 55.3 Å². The van der Waals surface area contributed by atoms with Crippen molar-refractivity contribution < 1.29 is 23.1 Å². The average Bonchev–Trinajstić information content (AvgIpc) is 3.55. The first kappa shape index (κ1) is 25.4. The number of aliphatic hydroxyl groups is 1. The summed E-state index contributed by atoms with van der Waals surface area (Å²) in [4.78, 5) is 34.2. The van der Waals surface area contributed by atoms with Gasteiger partial charge in [-0.2, -0.15) is 4.31 Å². The molecule has 1 fully saturated rings. The molecular formula is C24H28N6O5S2. The van der Waals surface area contributed by atoms with Gasteiger partial charge < -0.3 is 26.0 Å². The number of thiazole rings is 1. The number of amides is 2. The number of nitrogens with two attached hydrogens (primary N) is 1. The van der Waals surface area contributed by atoms with E-state index in [4.69, 9.17) is 5.73 Å². The molecule has 13 heteroatoms. The molecule has 3 aromatic rings. The van der Waals surface area contributed by atoms with E-state index in [1.165, 1.54) is 21.9 Å². The lowest BCUT2D eigenvalue weighted by molar-refractivity contribution is 0.0785. The number of aliphatic hydroxyl groups excluding tert-OH is 1. The van der Waals surface area contributed by atoms with E-state index < -0.39 is 28.1 Å². The zero-order valence-corrected chi connectivity index (χ0v) is 21.8. The number of primary amides is 1. The van der Waals surface area contributed by atoms with Crippen LogP contribution in [0, 0.1) is 0 Å². The molecule has 11 nitrogen and oxygen atoms in total.